The van der Waals surface area contributed by atoms with Gasteiger partial charge >= 0.3 is 0 Å². The smallest absolute Gasteiger partial charge is 0.220 e. The number of carbonyl (C=O) groups is 2. The molecule has 1 aromatic heterocycles. The maximum atomic E-state index is 12.0. The van der Waals surface area contributed by atoms with E-state index in [1.807, 2.05) is 19.9 Å². The molecule has 0 fully saturated rings. The van der Waals surface area contributed by atoms with Crippen LogP contribution >= 0.6 is 0 Å². The molecule has 2 rings (SSSR count). The van der Waals surface area contributed by atoms with Gasteiger partial charge < -0.3 is 19.5 Å². The number of pyridine rings is 1. The SMILES string of the molecule is COc1cc(C(C)=O)ccc1OCCCC(=O)NCc1ccc(OC(C)C)nc1. The van der Waals surface area contributed by atoms with Crippen LogP contribution in [0.2, 0.25) is 0 Å². The summed E-state index contributed by atoms with van der Waals surface area (Å²) in [6.07, 6.45) is 2.67. The molecule has 0 radical (unpaired) electrons. The molecule has 1 amide bonds. The molecule has 0 bridgehead atoms. The second-order valence-corrected chi connectivity index (χ2v) is 6.82. The highest BCUT2D eigenvalue weighted by molar-refractivity contribution is 5.94. The first-order valence-corrected chi connectivity index (χ1v) is 9.59. The summed E-state index contributed by atoms with van der Waals surface area (Å²) < 4.78 is 16.4. The van der Waals surface area contributed by atoms with Crippen molar-refractivity contribution in [1.29, 1.82) is 0 Å². The molecule has 29 heavy (non-hydrogen) atoms. The molecule has 1 aromatic carbocycles. The Morgan fingerprint density at radius 1 is 1.14 bits per heavy atom. The van der Waals surface area contributed by atoms with Crippen LogP contribution in [0.15, 0.2) is 36.5 Å². The van der Waals surface area contributed by atoms with Crippen molar-refractivity contribution in [1.82, 2.24) is 10.3 Å². The van der Waals surface area contributed by atoms with E-state index in [-0.39, 0.29) is 17.8 Å². The quantitative estimate of drug-likeness (QED) is 0.458. The van der Waals surface area contributed by atoms with Gasteiger partial charge in [0.25, 0.3) is 0 Å². The zero-order valence-electron chi connectivity index (χ0n) is 17.4. The van der Waals surface area contributed by atoms with Crippen LogP contribution in [0.1, 0.15) is 49.5 Å². The summed E-state index contributed by atoms with van der Waals surface area (Å²) in [7, 11) is 1.52. The van der Waals surface area contributed by atoms with Crippen LogP contribution in [-0.2, 0) is 11.3 Å². The summed E-state index contributed by atoms with van der Waals surface area (Å²) in [5, 5.41) is 2.86. The van der Waals surface area contributed by atoms with Crippen molar-refractivity contribution in [3.05, 3.63) is 47.7 Å². The van der Waals surface area contributed by atoms with Gasteiger partial charge in [-0.3, -0.25) is 9.59 Å². The van der Waals surface area contributed by atoms with Crippen molar-refractivity contribution in [2.45, 2.75) is 46.3 Å². The molecule has 156 valence electrons. The Kier molecular flexibility index (Phi) is 8.45. The van der Waals surface area contributed by atoms with Gasteiger partial charge in [-0.25, -0.2) is 4.98 Å². The Morgan fingerprint density at radius 2 is 1.93 bits per heavy atom. The molecular formula is C22H28N2O5. The second kappa shape index (κ2) is 11.0. The lowest BCUT2D eigenvalue weighted by atomic mass is 10.1. The number of ether oxygens (including phenoxy) is 3. The molecular weight excluding hydrogens is 372 g/mol. The van der Waals surface area contributed by atoms with E-state index in [0.717, 1.165) is 5.56 Å². The zero-order valence-corrected chi connectivity index (χ0v) is 17.4. The minimum absolute atomic E-state index is 0.0381. The van der Waals surface area contributed by atoms with Gasteiger partial charge in [0.2, 0.25) is 11.8 Å². The summed E-state index contributed by atoms with van der Waals surface area (Å²) in [6.45, 7) is 6.16. The third kappa shape index (κ3) is 7.44. The number of methoxy groups -OCH3 is 1. The van der Waals surface area contributed by atoms with E-state index in [0.29, 0.717) is 48.9 Å². The van der Waals surface area contributed by atoms with Crippen molar-refractivity contribution in [2.75, 3.05) is 13.7 Å². The normalized spacial score (nSPS) is 10.5. The zero-order chi connectivity index (χ0) is 21.2. The number of aromatic nitrogens is 1. The summed E-state index contributed by atoms with van der Waals surface area (Å²) in [6, 6.07) is 8.72. The lowest BCUT2D eigenvalue weighted by molar-refractivity contribution is -0.121. The van der Waals surface area contributed by atoms with Crippen LogP contribution in [0, 0.1) is 0 Å². The van der Waals surface area contributed by atoms with Gasteiger partial charge in [-0.2, -0.15) is 0 Å². The standard InChI is InChI=1S/C22H28N2O5/c1-15(2)29-22-10-7-17(14-24-22)13-23-21(26)6-5-11-28-19-9-8-18(16(3)25)12-20(19)27-4/h7-10,12,14-15H,5-6,11,13H2,1-4H3,(H,23,26). The Bertz CT molecular complexity index is 818. The second-order valence-electron chi connectivity index (χ2n) is 6.82. The lowest BCUT2D eigenvalue weighted by Crippen LogP contribution is -2.23. The first-order valence-electron chi connectivity index (χ1n) is 9.59. The minimum atomic E-state index is -0.0602. The van der Waals surface area contributed by atoms with Gasteiger partial charge in [0.15, 0.2) is 17.3 Å². The van der Waals surface area contributed by atoms with Crippen LogP contribution in [0.5, 0.6) is 17.4 Å². The molecule has 7 heteroatoms. The van der Waals surface area contributed by atoms with Crippen molar-refractivity contribution >= 4 is 11.7 Å². The highest BCUT2D eigenvalue weighted by Gasteiger charge is 2.09. The fourth-order valence-corrected chi connectivity index (χ4v) is 2.54. The molecule has 0 spiro atoms. The molecule has 1 heterocycles. The van der Waals surface area contributed by atoms with Crippen molar-refractivity contribution in [2.24, 2.45) is 0 Å². The predicted molar refractivity (Wildman–Crippen MR) is 110 cm³/mol. The first-order chi connectivity index (χ1) is 13.9. The monoisotopic (exact) mass is 400 g/mol. The van der Waals surface area contributed by atoms with Crippen LogP contribution in [0.25, 0.3) is 0 Å². The third-order valence-electron chi connectivity index (χ3n) is 4.02. The molecule has 0 aliphatic rings. The Labute approximate surface area is 171 Å². The van der Waals surface area contributed by atoms with Gasteiger partial charge in [-0.1, -0.05) is 6.07 Å². The number of benzene rings is 1. The predicted octanol–water partition coefficient (Wildman–Crippen LogP) is 3.56. The number of ketones is 1. The van der Waals surface area contributed by atoms with Gasteiger partial charge in [0.1, 0.15) is 0 Å². The maximum absolute atomic E-state index is 12.0. The number of Topliss-reactive ketones (excluding diaryl/α,β-unsaturated/α-hetero) is 1. The van der Waals surface area contributed by atoms with E-state index in [1.165, 1.54) is 14.0 Å². The fourth-order valence-electron chi connectivity index (χ4n) is 2.54. The first kappa shape index (κ1) is 22.2. The molecule has 0 aliphatic heterocycles. The molecule has 0 unspecified atom stereocenters. The number of nitrogens with zero attached hydrogens (tertiary/aromatic N) is 1. The van der Waals surface area contributed by atoms with E-state index >= 15 is 0 Å². The molecule has 0 aliphatic carbocycles. The van der Waals surface area contributed by atoms with Gasteiger partial charge in [0.05, 0.1) is 19.8 Å². The number of hydrogen-bond donors (Lipinski definition) is 1. The average molecular weight is 400 g/mol. The Morgan fingerprint density at radius 3 is 2.55 bits per heavy atom. The molecule has 0 saturated heterocycles. The third-order valence-corrected chi connectivity index (χ3v) is 4.02. The number of nitrogens with one attached hydrogen (secondary N) is 1. The number of amides is 1. The van der Waals surface area contributed by atoms with Crippen LogP contribution < -0.4 is 19.5 Å². The Hall–Kier alpha value is -3.09. The molecule has 1 N–H and O–H groups in total. The van der Waals surface area contributed by atoms with E-state index in [9.17, 15) is 9.59 Å². The number of carbonyl (C=O) groups excluding carboxylic acids is 2. The average Bonchev–Trinajstić information content (AvgIpc) is 2.70. The summed E-state index contributed by atoms with van der Waals surface area (Å²) in [5.41, 5.74) is 1.47. The largest absolute Gasteiger partial charge is 0.493 e. The lowest BCUT2D eigenvalue weighted by Gasteiger charge is -2.12. The van der Waals surface area contributed by atoms with E-state index in [2.05, 4.69) is 10.3 Å². The van der Waals surface area contributed by atoms with Gasteiger partial charge in [-0.05, 0) is 51.0 Å². The van der Waals surface area contributed by atoms with Gasteiger partial charge in [0, 0.05) is 30.8 Å². The fraction of sp³-hybridized carbons (Fsp3) is 0.409. The van der Waals surface area contributed by atoms with Crippen LogP contribution in [0.4, 0.5) is 0 Å². The molecule has 7 nitrogen and oxygen atoms in total. The molecule has 0 atom stereocenters. The highest BCUT2D eigenvalue weighted by Crippen LogP contribution is 2.28. The van der Waals surface area contributed by atoms with E-state index in [1.54, 1.807) is 30.5 Å². The number of rotatable bonds is 11. The summed E-state index contributed by atoms with van der Waals surface area (Å²) in [4.78, 5) is 27.7. The molecule has 0 saturated carbocycles. The van der Waals surface area contributed by atoms with Crippen LogP contribution in [-0.4, -0.2) is 36.5 Å². The van der Waals surface area contributed by atoms with Crippen molar-refractivity contribution in [3.8, 4) is 17.4 Å². The van der Waals surface area contributed by atoms with Crippen molar-refractivity contribution < 1.29 is 23.8 Å². The topological polar surface area (TPSA) is 86.8 Å². The van der Waals surface area contributed by atoms with E-state index < -0.39 is 0 Å². The van der Waals surface area contributed by atoms with Crippen molar-refractivity contribution in [3.63, 3.8) is 0 Å². The highest BCUT2D eigenvalue weighted by atomic mass is 16.5. The van der Waals surface area contributed by atoms with Crippen LogP contribution in [0.3, 0.4) is 0 Å². The molecule has 2 aromatic rings. The number of hydrogen-bond acceptors (Lipinski definition) is 6. The summed E-state index contributed by atoms with van der Waals surface area (Å²) >= 11 is 0. The Balaban J connectivity index is 1.71. The van der Waals surface area contributed by atoms with Gasteiger partial charge in [-0.15, -0.1) is 0 Å². The summed E-state index contributed by atoms with van der Waals surface area (Å²) in [5.74, 6) is 1.52. The minimum Gasteiger partial charge on any atom is -0.493 e. The maximum Gasteiger partial charge on any atom is 0.220 e. The van der Waals surface area contributed by atoms with E-state index in [4.69, 9.17) is 14.2 Å².